The summed E-state index contributed by atoms with van der Waals surface area (Å²) in [7, 11) is 0. The van der Waals surface area contributed by atoms with E-state index in [1.54, 1.807) is 30.5 Å². The minimum absolute atomic E-state index is 0.0174. The first-order valence-corrected chi connectivity index (χ1v) is 9.96. The molecule has 0 bridgehead atoms. The number of imidazole rings is 1. The van der Waals surface area contributed by atoms with Crippen LogP contribution in [0.3, 0.4) is 0 Å². The highest BCUT2D eigenvalue weighted by Gasteiger charge is 2.13. The summed E-state index contributed by atoms with van der Waals surface area (Å²) in [5.74, 6) is 0.929. The quantitative estimate of drug-likeness (QED) is 0.466. The summed E-state index contributed by atoms with van der Waals surface area (Å²) in [5.41, 5.74) is 3.69. The number of hydrogen-bond donors (Lipinski definition) is 1. The molecule has 2 aromatic heterocycles. The molecule has 0 saturated carbocycles. The lowest BCUT2D eigenvalue weighted by atomic mass is 10.2. The van der Waals surface area contributed by atoms with Crippen molar-refractivity contribution in [2.75, 3.05) is 5.32 Å². The molecule has 146 valence electrons. The first kappa shape index (κ1) is 19.2. The number of pyridine rings is 1. The average Bonchev–Trinajstić information content (AvgIpc) is 3.08. The molecule has 5 nitrogen and oxygen atoms in total. The van der Waals surface area contributed by atoms with E-state index in [0.29, 0.717) is 30.8 Å². The first-order valence-electron chi connectivity index (χ1n) is 9.58. The molecular weight excluding hydrogens is 384 g/mol. The van der Waals surface area contributed by atoms with Crippen molar-refractivity contribution in [3.63, 3.8) is 0 Å². The van der Waals surface area contributed by atoms with Crippen LogP contribution in [0.1, 0.15) is 24.2 Å². The third-order valence-corrected chi connectivity index (χ3v) is 4.95. The Kier molecular flexibility index (Phi) is 5.86. The molecule has 0 fully saturated rings. The van der Waals surface area contributed by atoms with Gasteiger partial charge in [0.2, 0.25) is 5.91 Å². The smallest absolute Gasteiger partial charge is 0.224 e. The van der Waals surface area contributed by atoms with Gasteiger partial charge in [-0.2, -0.15) is 0 Å². The number of amides is 1. The Balaban J connectivity index is 1.44. The molecule has 4 aromatic rings. The van der Waals surface area contributed by atoms with E-state index in [4.69, 9.17) is 16.6 Å². The molecule has 0 aliphatic rings. The van der Waals surface area contributed by atoms with Crippen LogP contribution >= 0.6 is 11.6 Å². The predicted octanol–water partition coefficient (Wildman–Crippen LogP) is 5.09. The third kappa shape index (κ3) is 4.81. The number of benzene rings is 2. The summed E-state index contributed by atoms with van der Waals surface area (Å²) in [6, 6.07) is 21.2. The number of halogens is 1. The second-order valence-electron chi connectivity index (χ2n) is 6.85. The average molecular weight is 405 g/mol. The molecule has 0 saturated heterocycles. The van der Waals surface area contributed by atoms with E-state index in [-0.39, 0.29) is 5.91 Å². The second-order valence-corrected chi connectivity index (χ2v) is 7.29. The Labute approximate surface area is 174 Å². The number of aryl methyl sites for hydroxylation is 1. The van der Waals surface area contributed by atoms with E-state index in [2.05, 4.69) is 27.0 Å². The summed E-state index contributed by atoms with van der Waals surface area (Å²) < 4.78 is 2.14. The molecule has 0 spiro atoms. The zero-order chi connectivity index (χ0) is 20.1. The van der Waals surface area contributed by atoms with E-state index >= 15 is 0 Å². The zero-order valence-electron chi connectivity index (χ0n) is 15.9. The van der Waals surface area contributed by atoms with Gasteiger partial charge >= 0.3 is 0 Å². The molecular formula is C23H21ClN4O. The minimum Gasteiger partial charge on any atom is -0.326 e. The Hall–Kier alpha value is -3.18. The van der Waals surface area contributed by atoms with Crippen LogP contribution in [0.5, 0.6) is 0 Å². The lowest BCUT2D eigenvalue weighted by molar-refractivity contribution is -0.116. The van der Waals surface area contributed by atoms with Gasteiger partial charge in [0.25, 0.3) is 0 Å². The van der Waals surface area contributed by atoms with Crippen LogP contribution in [0, 0.1) is 0 Å². The molecule has 2 heterocycles. The van der Waals surface area contributed by atoms with Gasteiger partial charge < -0.3 is 9.88 Å². The highest BCUT2D eigenvalue weighted by atomic mass is 35.5. The first-order chi connectivity index (χ1) is 14.2. The Morgan fingerprint density at radius 3 is 2.59 bits per heavy atom. The number of nitrogens with one attached hydrogen (secondary N) is 1. The maximum Gasteiger partial charge on any atom is 0.224 e. The molecule has 29 heavy (non-hydrogen) atoms. The number of anilines is 1. The highest BCUT2D eigenvalue weighted by Crippen LogP contribution is 2.18. The fourth-order valence-corrected chi connectivity index (χ4v) is 3.42. The fraction of sp³-hybridized carbons (Fsp3) is 0.174. The number of fused-ring (bicyclic) bond motifs is 1. The fourth-order valence-electron chi connectivity index (χ4n) is 3.29. The van der Waals surface area contributed by atoms with Gasteiger partial charge in [0.1, 0.15) is 11.3 Å². The standard InChI is InChI=1S/C23H21ClN4O/c24-18-11-13-19(14-12-18)26-22(29)10-4-9-21-27-20-8-5-15-25-23(20)28(21)16-17-6-2-1-3-7-17/h1-3,5-8,11-15H,4,9-10,16H2,(H,26,29). The van der Waals surface area contributed by atoms with E-state index in [1.807, 2.05) is 30.3 Å². The lowest BCUT2D eigenvalue weighted by Crippen LogP contribution is -2.12. The van der Waals surface area contributed by atoms with Crippen molar-refractivity contribution in [2.24, 2.45) is 0 Å². The maximum absolute atomic E-state index is 12.3. The summed E-state index contributed by atoms with van der Waals surface area (Å²) >= 11 is 5.88. The summed E-state index contributed by atoms with van der Waals surface area (Å²) in [4.78, 5) is 21.5. The van der Waals surface area contributed by atoms with Gasteiger partial charge in [0.05, 0.1) is 6.54 Å². The second kappa shape index (κ2) is 8.88. The number of hydrogen-bond acceptors (Lipinski definition) is 3. The number of aromatic nitrogens is 3. The number of nitrogens with zero attached hydrogens (tertiary/aromatic N) is 3. The molecule has 2 aromatic carbocycles. The van der Waals surface area contributed by atoms with E-state index < -0.39 is 0 Å². The van der Waals surface area contributed by atoms with Crippen LogP contribution in [0.4, 0.5) is 5.69 Å². The third-order valence-electron chi connectivity index (χ3n) is 4.70. The SMILES string of the molecule is O=C(CCCc1nc2cccnc2n1Cc1ccccc1)Nc1ccc(Cl)cc1. The Morgan fingerprint density at radius 1 is 1.00 bits per heavy atom. The molecule has 0 atom stereocenters. The molecule has 0 aliphatic carbocycles. The molecule has 0 unspecified atom stereocenters. The van der Waals surface area contributed by atoms with Crippen molar-refractivity contribution in [1.29, 1.82) is 0 Å². The van der Waals surface area contributed by atoms with Gasteiger partial charge in [-0.05, 0) is 48.4 Å². The monoisotopic (exact) mass is 404 g/mol. The van der Waals surface area contributed by atoms with Crippen LogP contribution < -0.4 is 5.32 Å². The summed E-state index contributed by atoms with van der Waals surface area (Å²) in [6.07, 6.45) is 3.62. The topological polar surface area (TPSA) is 59.8 Å². The van der Waals surface area contributed by atoms with Crippen molar-refractivity contribution in [2.45, 2.75) is 25.8 Å². The maximum atomic E-state index is 12.3. The van der Waals surface area contributed by atoms with Crippen molar-refractivity contribution in [1.82, 2.24) is 14.5 Å². The minimum atomic E-state index is -0.0174. The molecule has 0 radical (unpaired) electrons. The van der Waals surface area contributed by atoms with Gasteiger partial charge in [-0.3, -0.25) is 4.79 Å². The largest absolute Gasteiger partial charge is 0.326 e. The van der Waals surface area contributed by atoms with Gasteiger partial charge in [-0.25, -0.2) is 9.97 Å². The molecule has 6 heteroatoms. The zero-order valence-corrected chi connectivity index (χ0v) is 16.6. The van der Waals surface area contributed by atoms with Crippen LogP contribution in [0.15, 0.2) is 72.9 Å². The van der Waals surface area contributed by atoms with Crippen LogP contribution in [-0.2, 0) is 17.8 Å². The normalized spacial score (nSPS) is 10.9. The van der Waals surface area contributed by atoms with Crippen LogP contribution in [0.25, 0.3) is 11.2 Å². The Morgan fingerprint density at radius 2 is 1.79 bits per heavy atom. The predicted molar refractivity (Wildman–Crippen MR) is 116 cm³/mol. The summed E-state index contributed by atoms with van der Waals surface area (Å²) in [5, 5.41) is 3.55. The van der Waals surface area contributed by atoms with E-state index in [0.717, 1.165) is 22.7 Å². The summed E-state index contributed by atoms with van der Waals surface area (Å²) in [6.45, 7) is 0.709. The van der Waals surface area contributed by atoms with Gasteiger partial charge in [0.15, 0.2) is 5.65 Å². The Bertz CT molecular complexity index is 1110. The van der Waals surface area contributed by atoms with Crippen molar-refractivity contribution < 1.29 is 4.79 Å². The highest BCUT2D eigenvalue weighted by molar-refractivity contribution is 6.30. The van der Waals surface area contributed by atoms with Crippen molar-refractivity contribution in [3.05, 3.63) is 89.3 Å². The van der Waals surface area contributed by atoms with E-state index in [1.165, 1.54) is 5.56 Å². The van der Waals surface area contributed by atoms with Crippen molar-refractivity contribution in [3.8, 4) is 0 Å². The molecule has 1 N–H and O–H groups in total. The van der Waals surface area contributed by atoms with Crippen molar-refractivity contribution >= 4 is 34.4 Å². The number of rotatable bonds is 7. The number of carbonyl (C=O) groups excluding carboxylic acids is 1. The van der Waals surface area contributed by atoms with Crippen LogP contribution in [0.2, 0.25) is 5.02 Å². The van der Waals surface area contributed by atoms with Gasteiger partial charge in [-0.15, -0.1) is 0 Å². The van der Waals surface area contributed by atoms with E-state index in [9.17, 15) is 4.79 Å². The van der Waals surface area contributed by atoms with Gasteiger partial charge in [0, 0.05) is 29.7 Å². The lowest BCUT2D eigenvalue weighted by Gasteiger charge is -2.09. The van der Waals surface area contributed by atoms with Crippen LogP contribution in [-0.4, -0.2) is 20.4 Å². The number of carbonyl (C=O) groups is 1. The van der Waals surface area contributed by atoms with Gasteiger partial charge in [-0.1, -0.05) is 41.9 Å². The molecule has 1 amide bonds. The molecule has 0 aliphatic heterocycles. The molecule has 4 rings (SSSR count).